The summed E-state index contributed by atoms with van der Waals surface area (Å²) in [6.45, 7) is 1.47. The second kappa shape index (κ2) is 5.78. The lowest BCUT2D eigenvalue weighted by Gasteiger charge is -2.28. The molecule has 0 spiro atoms. The molecule has 2 aromatic rings. The van der Waals surface area contributed by atoms with Gasteiger partial charge in [0, 0.05) is 13.0 Å². The van der Waals surface area contributed by atoms with Gasteiger partial charge < -0.3 is 10.2 Å². The molecule has 102 valence electrons. The van der Waals surface area contributed by atoms with Gasteiger partial charge in [0.25, 0.3) is 0 Å². The van der Waals surface area contributed by atoms with Crippen LogP contribution in [-0.4, -0.2) is 12.5 Å². The Morgan fingerprint density at radius 3 is 2.60 bits per heavy atom. The van der Waals surface area contributed by atoms with E-state index < -0.39 is 0 Å². The van der Waals surface area contributed by atoms with Crippen LogP contribution in [0.1, 0.15) is 18.4 Å². The Morgan fingerprint density at radius 1 is 1.00 bits per heavy atom. The summed E-state index contributed by atoms with van der Waals surface area (Å²) in [5.74, 6) is 0.197. The van der Waals surface area contributed by atoms with Crippen LogP contribution in [0.3, 0.4) is 0 Å². The number of amides is 1. The summed E-state index contributed by atoms with van der Waals surface area (Å²) in [6, 6.07) is 18.1. The van der Waals surface area contributed by atoms with Crippen LogP contribution < -0.4 is 10.2 Å². The van der Waals surface area contributed by atoms with Gasteiger partial charge in [-0.05, 0) is 24.1 Å². The van der Waals surface area contributed by atoms with Gasteiger partial charge in [-0.3, -0.25) is 4.79 Å². The summed E-state index contributed by atoms with van der Waals surface area (Å²) >= 11 is 0. The lowest BCUT2D eigenvalue weighted by molar-refractivity contribution is -0.118. The van der Waals surface area contributed by atoms with Crippen molar-refractivity contribution in [3.8, 4) is 0 Å². The number of nitrogens with one attached hydrogen (secondary N) is 1. The van der Waals surface area contributed by atoms with E-state index in [2.05, 4.69) is 17.4 Å². The highest BCUT2D eigenvalue weighted by Gasteiger charge is 2.20. The second-order valence-electron chi connectivity index (χ2n) is 5.01. The highest BCUT2D eigenvalue weighted by Crippen LogP contribution is 2.29. The number of carbonyl (C=O) groups excluding carboxylic acids is 1. The largest absolute Gasteiger partial charge is 0.383 e. The van der Waals surface area contributed by atoms with E-state index in [1.807, 2.05) is 47.4 Å². The minimum Gasteiger partial charge on any atom is -0.383 e. The van der Waals surface area contributed by atoms with Crippen LogP contribution in [-0.2, 0) is 11.3 Å². The van der Waals surface area contributed by atoms with E-state index >= 15 is 0 Å². The van der Waals surface area contributed by atoms with Crippen LogP contribution in [0.4, 0.5) is 11.4 Å². The molecule has 0 saturated heterocycles. The number of rotatable bonds is 2. The molecule has 3 rings (SSSR count). The van der Waals surface area contributed by atoms with E-state index in [-0.39, 0.29) is 5.91 Å². The predicted octanol–water partition coefficient (Wildman–Crippen LogP) is 3.43. The fourth-order valence-electron chi connectivity index (χ4n) is 2.53. The van der Waals surface area contributed by atoms with E-state index in [0.29, 0.717) is 13.0 Å². The number of hydrogen-bond donors (Lipinski definition) is 1. The van der Waals surface area contributed by atoms with E-state index in [0.717, 1.165) is 29.9 Å². The molecular formula is C17H18N2O. The molecule has 1 heterocycles. The van der Waals surface area contributed by atoms with Gasteiger partial charge in [0.15, 0.2) is 0 Å². The Kier molecular flexibility index (Phi) is 3.68. The first-order chi connectivity index (χ1) is 9.84. The van der Waals surface area contributed by atoms with Crippen LogP contribution in [0, 0.1) is 0 Å². The van der Waals surface area contributed by atoms with Crippen molar-refractivity contribution in [3.05, 3.63) is 60.2 Å². The van der Waals surface area contributed by atoms with Crippen molar-refractivity contribution in [2.75, 3.05) is 16.8 Å². The first-order valence-corrected chi connectivity index (χ1v) is 7.02. The zero-order valence-corrected chi connectivity index (χ0v) is 11.4. The van der Waals surface area contributed by atoms with Crippen molar-refractivity contribution < 1.29 is 4.79 Å². The molecule has 3 heteroatoms. The SMILES string of the molecule is O=C1CCCNc2ccccc2N1Cc1ccccc1. The Bertz CT molecular complexity index is 595. The van der Waals surface area contributed by atoms with Crippen molar-refractivity contribution in [1.29, 1.82) is 0 Å². The van der Waals surface area contributed by atoms with Gasteiger partial charge in [0.2, 0.25) is 5.91 Å². The van der Waals surface area contributed by atoms with Gasteiger partial charge in [-0.25, -0.2) is 0 Å². The monoisotopic (exact) mass is 266 g/mol. The van der Waals surface area contributed by atoms with Gasteiger partial charge in [-0.2, -0.15) is 0 Å². The quantitative estimate of drug-likeness (QED) is 0.903. The number of para-hydroxylation sites is 2. The van der Waals surface area contributed by atoms with Crippen molar-refractivity contribution >= 4 is 17.3 Å². The minimum atomic E-state index is 0.197. The fraction of sp³-hybridized carbons (Fsp3) is 0.235. The first kappa shape index (κ1) is 12.7. The molecule has 20 heavy (non-hydrogen) atoms. The lowest BCUT2D eigenvalue weighted by atomic mass is 10.1. The molecule has 0 aliphatic carbocycles. The number of anilines is 2. The smallest absolute Gasteiger partial charge is 0.227 e. The minimum absolute atomic E-state index is 0.197. The van der Waals surface area contributed by atoms with Crippen LogP contribution >= 0.6 is 0 Å². The van der Waals surface area contributed by atoms with Gasteiger partial charge in [0.1, 0.15) is 0 Å². The standard InChI is InChI=1S/C17H18N2O/c20-17-11-6-12-18-15-9-4-5-10-16(15)19(17)13-14-7-2-1-3-8-14/h1-5,7-10,18H,6,11-13H2. The third kappa shape index (κ3) is 2.67. The number of hydrogen-bond acceptors (Lipinski definition) is 2. The predicted molar refractivity (Wildman–Crippen MR) is 81.8 cm³/mol. The van der Waals surface area contributed by atoms with Crippen molar-refractivity contribution in [2.24, 2.45) is 0 Å². The lowest BCUT2D eigenvalue weighted by Crippen LogP contribution is -2.32. The topological polar surface area (TPSA) is 32.3 Å². The molecule has 0 unspecified atom stereocenters. The third-order valence-corrected chi connectivity index (χ3v) is 3.56. The Balaban J connectivity index is 1.96. The highest BCUT2D eigenvalue weighted by molar-refractivity contribution is 5.97. The van der Waals surface area contributed by atoms with E-state index in [1.165, 1.54) is 0 Å². The average molecular weight is 266 g/mol. The highest BCUT2D eigenvalue weighted by atomic mass is 16.2. The first-order valence-electron chi connectivity index (χ1n) is 7.02. The van der Waals surface area contributed by atoms with E-state index in [4.69, 9.17) is 0 Å². The molecule has 0 atom stereocenters. The van der Waals surface area contributed by atoms with Crippen LogP contribution in [0.25, 0.3) is 0 Å². The van der Waals surface area contributed by atoms with E-state index in [1.54, 1.807) is 0 Å². The maximum atomic E-state index is 12.4. The Morgan fingerprint density at radius 2 is 1.75 bits per heavy atom. The molecule has 0 bridgehead atoms. The number of fused-ring (bicyclic) bond motifs is 1. The summed E-state index contributed by atoms with van der Waals surface area (Å²) in [6.07, 6.45) is 1.46. The number of benzene rings is 2. The molecule has 2 aromatic carbocycles. The van der Waals surface area contributed by atoms with Gasteiger partial charge in [-0.1, -0.05) is 42.5 Å². The molecule has 0 fully saturated rings. The normalized spacial score (nSPS) is 15.0. The molecule has 0 saturated carbocycles. The summed E-state index contributed by atoms with van der Waals surface area (Å²) in [7, 11) is 0. The summed E-state index contributed by atoms with van der Waals surface area (Å²) in [5.41, 5.74) is 3.16. The molecule has 1 aliphatic rings. The molecule has 0 aromatic heterocycles. The fourth-order valence-corrected chi connectivity index (χ4v) is 2.53. The summed E-state index contributed by atoms with van der Waals surface area (Å²) in [5, 5.41) is 3.41. The second-order valence-corrected chi connectivity index (χ2v) is 5.01. The van der Waals surface area contributed by atoms with Gasteiger partial charge >= 0.3 is 0 Å². The average Bonchev–Trinajstić information content (AvgIpc) is 2.49. The number of carbonyl (C=O) groups is 1. The van der Waals surface area contributed by atoms with Crippen molar-refractivity contribution in [2.45, 2.75) is 19.4 Å². The summed E-state index contributed by atoms with van der Waals surface area (Å²) in [4.78, 5) is 14.3. The molecule has 1 amide bonds. The maximum absolute atomic E-state index is 12.4. The zero-order valence-electron chi connectivity index (χ0n) is 11.4. The zero-order chi connectivity index (χ0) is 13.8. The number of nitrogens with zero attached hydrogens (tertiary/aromatic N) is 1. The van der Waals surface area contributed by atoms with Crippen molar-refractivity contribution in [3.63, 3.8) is 0 Å². The van der Waals surface area contributed by atoms with Gasteiger partial charge in [0.05, 0.1) is 17.9 Å². The van der Waals surface area contributed by atoms with Gasteiger partial charge in [-0.15, -0.1) is 0 Å². The molecule has 1 aliphatic heterocycles. The molecule has 0 radical (unpaired) electrons. The van der Waals surface area contributed by atoms with E-state index in [9.17, 15) is 4.79 Å². The Hall–Kier alpha value is -2.29. The van der Waals surface area contributed by atoms with Crippen LogP contribution in [0.15, 0.2) is 54.6 Å². The summed E-state index contributed by atoms with van der Waals surface area (Å²) < 4.78 is 0. The third-order valence-electron chi connectivity index (χ3n) is 3.56. The Labute approximate surface area is 119 Å². The van der Waals surface area contributed by atoms with Crippen molar-refractivity contribution in [1.82, 2.24) is 0 Å². The molecule has 1 N–H and O–H groups in total. The maximum Gasteiger partial charge on any atom is 0.227 e. The molecule has 3 nitrogen and oxygen atoms in total. The van der Waals surface area contributed by atoms with Crippen LogP contribution in [0.5, 0.6) is 0 Å². The molecular weight excluding hydrogens is 248 g/mol. The van der Waals surface area contributed by atoms with Crippen LogP contribution in [0.2, 0.25) is 0 Å².